The summed E-state index contributed by atoms with van der Waals surface area (Å²) in [6, 6.07) is 10.1. The Labute approximate surface area is 110 Å². The van der Waals surface area contributed by atoms with Crippen LogP contribution in [0.15, 0.2) is 42.5 Å². The van der Waals surface area contributed by atoms with Gasteiger partial charge in [-0.05, 0) is 42.8 Å². The normalized spacial score (nSPS) is 11.4. The molecule has 0 aromatic heterocycles. The number of halogens is 2. The number of alkyl halides is 2. The number of hydrogen-bond acceptors (Lipinski definition) is 2. The summed E-state index contributed by atoms with van der Waals surface area (Å²) in [6.45, 7) is 1.73. The van der Waals surface area contributed by atoms with E-state index in [0.29, 0.717) is 17.0 Å². The molecule has 2 aromatic rings. The van der Waals surface area contributed by atoms with Crippen LogP contribution in [0, 0.1) is 6.92 Å². The van der Waals surface area contributed by atoms with Gasteiger partial charge in [-0.25, -0.2) is 0 Å². The fraction of sp³-hybridized carbons (Fsp3) is 0.200. The molecule has 0 heterocycles. The van der Waals surface area contributed by atoms with Crippen molar-refractivity contribution in [1.82, 2.24) is 0 Å². The van der Waals surface area contributed by atoms with Crippen molar-refractivity contribution in [3.8, 4) is 5.75 Å². The van der Waals surface area contributed by atoms with Crippen molar-refractivity contribution >= 4 is 5.69 Å². The zero-order valence-corrected chi connectivity index (χ0v) is 10.8. The van der Waals surface area contributed by atoms with Crippen LogP contribution < -0.4 is 10.5 Å². The van der Waals surface area contributed by atoms with Crippen LogP contribution in [-0.2, 0) is 5.92 Å². The number of ether oxygens (including phenoxy) is 1. The summed E-state index contributed by atoms with van der Waals surface area (Å²) < 4.78 is 33.8. The summed E-state index contributed by atoms with van der Waals surface area (Å²) in [6.07, 6.45) is 0. The van der Waals surface area contributed by atoms with E-state index in [1.54, 1.807) is 19.1 Å². The summed E-state index contributed by atoms with van der Waals surface area (Å²) in [5.74, 6) is -2.49. The van der Waals surface area contributed by atoms with E-state index < -0.39 is 5.92 Å². The molecule has 2 nitrogen and oxygen atoms in total. The Kier molecular flexibility index (Phi) is 3.42. The smallest absolute Gasteiger partial charge is 0.298 e. The fourth-order valence-electron chi connectivity index (χ4n) is 1.97. The Hall–Kier alpha value is -2.10. The maximum atomic E-state index is 14.4. The molecule has 0 amide bonds. The predicted molar refractivity (Wildman–Crippen MR) is 71.6 cm³/mol. The third-order valence-electron chi connectivity index (χ3n) is 3.01. The summed E-state index contributed by atoms with van der Waals surface area (Å²) in [4.78, 5) is 0. The SMILES string of the molecule is COc1ccc(C(F)(F)c2cccc(N)c2)cc1C. The third kappa shape index (κ3) is 2.52. The molecule has 0 aliphatic rings. The van der Waals surface area contributed by atoms with Gasteiger partial charge in [0.2, 0.25) is 0 Å². The summed E-state index contributed by atoms with van der Waals surface area (Å²) in [5.41, 5.74) is 6.36. The highest BCUT2D eigenvalue weighted by Gasteiger charge is 2.34. The second-order valence-electron chi connectivity index (χ2n) is 4.38. The first kappa shape index (κ1) is 13.3. The Morgan fingerprint density at radius 3 is 2.32 bits per heavy atom. The summed E-state index contributed by atoms with van der Waals surface area (Å²) in [7, 11) is 1.51. The van der Waals surface area contributed by atoms with Gasteiger partial charge < -0.3 is 10.5 Å². The molecule has 0 atom stereocenters. The van der Waals surface area contributed by atoms with Gasteiger partial charge in [-0.1, -0.05) is 12.1 Å². The third-order valence-corrected chi connectivity index (χ3v) is 3.01. The number of hydrogen-bond donors (Lipinski definition) is 1. The number of nitrogens with two attached hydrogens (primary N) is 1. The highest BCUT2D eigenvalue weighted by atomic mass is 19.3. The van der Waals surface area contributed by atoms with E-state index in [-0.39, 0.29) is 11.1 Å². The average Bonchev–Trinajstić information content (AvgIpc) is 2.38. The molecule has 0 spiro atoms. The lowest BCUT2D eigenvalue weighted by atomic mass is 9.98. The van der Waals surface area contributed by atoms with Gasteiger partial charge in [-0.3, -0.25) is 0 Å². The Morgan fingerprint density at radius 2 is 1.74 bits per heavy atom. The Balaban J connectivity index is 2.47. The van der Waals surface area contributed by atoms with Gasteiger partial charge in [0.05, 0.1) is 7.11 Å². The number of benzene rings is 2. The lowest BCUT2D eigenvalue weighted by Crippen LogP contribution is -2.15. The number of methoxy groups -OCH3 is 1. The van der Waals surface area contributed by atoms with Crippen molar-refractivity contribution in [2.75, 3.05) is 12.8 Å². The quantitative estimate of drug-likeness (QED) is 0.856. The van der Waals surface area contributed by atoms with Gasteiger partial charge in [-0.2, -0.15) is 8.78 Å². The molecule has 2 rings (SSSR count). The van der Waals surface area contributed by atoms with E-state index in [4.69, 9.17) is 10.5 Å². The average molecular weight is 263 g/mol. The zero-order chi connectivity index (χ0) is 14.0. The van der Waals surface area contributed by atoms with Crippen molar-refractivity contribution in [2.45, 2.75) is 12.8 Å². The minimum absolute atomic E-state index is 0.0728. The van der Waals surface area contributed by atoms with E-state index in [9.17, 15) is 8.78 Å². The molecule has 0 aliphatic heterocycles. The van der Waals surface area contributed by atoms with Crippen molar-refractivity contribution < 1.29 is 13.5 Å². The monoisotopic (exact) mass is 263 g/mol. The first-order chi connectivity index (χ1) is 8.95. The van der Waals surface area contributed by atoms with Crippen molar-refractivity contribution in [3.05, 3.63) is 59.2 Å². The number of nitrogen functional groups attached to an aromatic ring is 1. The van der Waals surface area contributed by atoms with Gasteiger partial charge in [-0.15, -0.1) is 0 Å². The van der Waals surface area contributed by atoms with Gasteiger partial charge in [0, 0.05) is 16.8 Å². The molecule has 0 saturated carbocycles. The highest BCUT2D eigenvalue weighted by molar-refractivity contribution is 5.46. The number of aryl methyl sites for hydroxylation is 1. The van der Waals surface area contributed by atoms with Gasteiger partial charge in [0.25, 0.3) is 5.92 Å². The zero-order valence-electron chi connectivity index (χ0n) is 10.8. The summed E-state index contributed by atoms with van der Waals surface area (Å²) in [5, 5.41) is 0. The fourth-order valence-corrected chi connectivity index (χ4v) is 1.97. The minimum atomic E-state index is -3.08. The molecule has 0 unspecified atom stereocenters. The molecule has 0 bridgehead atoms. The first-order valence-electron chi connectivity index (χ1n) is 5.84. The lowest BCUT2D eigenvalue weighted by molar-refractivity contribution is 0.0428. The molecular formula is C15H15F2NO. The molecule has 0 saturated heterocycles. The second kappa shape index (κ2) is 4.88. The number of rotatable bonds is 3. The second-order valence-corrected chi connectivity index (χ2v) is 4.38. The van der Waals surface area contributed by atoms with E-state index in [0.717, 1.165) is 0 Å². The molecule has 100 valence electrons. The van der Waals surface area contributed by atoms with E-state index in [1.807, 2.05) is 0 Å². The maximum Gasteiger partial charge on any atom is 0.298 e. The van der Waals surface area contributed by atoms with Crippen molar-refractivity contribution in [2.24, 2.45) is 0 Å². The van der Waals surface area contributed by atoms with E-state index in [1.165, 1.54) is 37.4 Å². The van der Waals surface area contributed by atoms with Crippen LogP contribution in [0.4, 0.5) is 14.5 Å². The highest BCUT2D eigenvalue weighted by Crippen LogP contribution is 2.37. The molecule has 4 heteroatoms. The first-order valence-corrected chi connectivity index (χ1v) is 5.84. The Bertz CT molecular complexity index is 596. The molecule has 0 radical (unpaired) electrons. The van der Waals surface area contributed by atoms with Crippen molar-refractivity contribution in [3.63, 3.8) is 0 Å². The minimum Gasteiger partial charge on any atom is -0.496 e. The molecule has 0 fully saturated rings. The van der Waals surface area contributed by atoms with Gasteiger partial charge >= 0.3 is 0 Å². The lowest BCUT2D eigenvalue weighted by Gasteiger charge is -2.19. The van der Waals surface area contributed by atoms with E-state index >= 15 is 0 Å². The topological polar surface area (TPSA) is 35.2 Å². The van der Waals surface area contributed by atoms with Gasteiger partial charge in [0.15, 0.2) is 0 Å². The summed E-state index contributed by atoms with van der Waals surface area (Å²) >= 11 is 0. The maximum absolute atomic E-state index is 14.4. The van der Waals surface area contributed by atoms with Gasteiger partial charge in [0.1, 0.15) is 5.75 Å². The molecule has 19 heavy (non-hydrogen) atoms. The van der Waals surface area contributed by atoms with Crippen LogP contribution in [0.3, 0.4) is 0 Å². The van der Waals surface area contributed by atoms with E-state index in [2.05, 4.69) is 0 Å². The molecule has 0 aliphatic carbocycles. The van der Waals surface area contributed by atoms with Crippen LogP contribution >= 0.6 is 0 Å². The molecule has 2 N–H and O–H groups in total. The molecular weight excluding hydrogens is 248 g/mol. The van der Waals surface area contributed by atoms with Crippen LogP contribution in [-0.4, -0.2) is 7.11 Å². The standard InChI is InChI=1S/C15H15F2NO/c1-10-8-12(6-7-14(10)19-2)15(16,17)11-4-3-5-13(18)9-11/h3-9H,18H2,1-2H3. The van der Waals surface area contributed by atoms with Crippen LogP contribution in [0.2, 0.25) is 0 Å². The van der Waals surface area contributed by atoms with Crippen LogP contribution in [0.25, 0.3) is 0 Å². The van der Waals surface area contributed by atoms with Crippen LogP contribution in [0.5, 0.6) is 5.75 Å². The van der Waals surface area contributed by atoms with Crippen LogP contribution in [0.1, 0.15) is 16.7 Å². The predicted octanol–water partition coefficient (Wildman–Crippen LogP) is 3.73. The van der Waals surface area contributed by atoms with Crippen molar-refractivity contribution in [1.29, 1.82) is 0 Å². The largest absolute Gasteiger partial charge is 0.496 e. The number of anilines is 1. The molecule has 2 aromatic carbocycles. The Morgan fingerprint density at radius 1 is 1.05 bits per heavy atom.